The van der Waals surface area contributed by atoms with E-state index < -0.39 is 0 Å². The Morgan fingerprint density at radius 3 is 2.24 bits per heavy atom. The molecule has 1 aromatic rings. The third-order valence-corrected chi connectivity index (χ3v) is 3.77. The highest BCUT2D eigenvalue weighted by atomic mass is 16.4. The van der Waals surface area contributed by atoms with Crippen LogP contribution in [0.2, 0.25) is 0 Å². The van der Waals surface area contributed by atoms with Crippen LogP contribution in [0.3, 0.4) is 0 Å². The Bertz CT molecular complexity index is 365. The van der Waals surface area contributed by atoms with Gasteiger partial charge in [-0.1, -0.05) is 82.2 Å². The number of rotatable bonds is 12. The normalized spacial score (nSPS) is 12.8. The fraction of sp³-hybridized carbons (Fsp3) is 0.611. The van der Waals surface area contributed by atoms with Crippen molar-refractivity contribution in [3.63, 3.8) is 0 Å². The van der Waals surface area contributed by atoms with Crippen LogP contribution in [0.5, 0.6) is 0 Å². The van der Waals surface area contributed by atoms with Crippen LogP contribution in [-0.4, -0.2) is 18.0 Å². The lowest BCUT2D eigenvalue weighted by atomic mass is 10.1. The van der Waals surface area contributed by atoms with Gasteiger partial charge in [0, 0.05) is 0 Å². The molecule has 1 unspecified atom stereocenters. The standard InChI is InChI=1S/C18H30N2O/c1-2-3-4-5-6-7-8-12-15-19-18(16-20-21)17-13-10-9-11-14-17/h9-11,13-14,16,18-19,21H,2-8,12,15H2,1H3. The molecule has 1 aromatic carbocycles. The third kappa shape index (κ3) is 8.51. The van der Waals surface area contributed by atoms with Gasteiger partial charge in [0.1, 0.15) is 0 Å². The van der Waals surface area contributed by atoms with E-state index in [2.05, 4.69) is 17.4 Å². The predicted molar refractivity (Wildman–Crippen MR) is 90.1 cm³/mol. The monoisotopic (exact) mass is 290 g/mol. The Hall–Kier alpha value is -1.35. The summed E-state index contributed by atoms with van der Waals surface area (Å²) in [4.78, 5) is 0. The zero-order chi connectivity index (χ0) is 15.2. The van der Waals surface area contributed by atoms with Gasteiger partial charge in [-0.2, -0.15) is 0 Å². The predicted octanol–water partition coefficient (Wildman–Crippen LogP) is 4.92. The fourth-order valence-electron chi connectivity index (χ4n) is 2.50. The van der Waals surface area contributed by atoms with E-state index in [-0.39, 0.29) is 6.04 Å². The molecule has 0 fully saturated rings. The van der Waals surface area contributed by atoms with Gasteiger partial charge in [-0.05, 0) is 18.5 Å². The maximum atomic E-state index is 8.77. The van der Waals surface area contributed by atoms with Crippen molar-refractivity contribution in [2.45, 2.75) is 64.3 Å². The summed E-state index contributed by atoms with van der Waals surface area (Å²) in [5.41, 5.74) is 1.13. The average molecular weight is 290 g/mol. The highest BCUT2D eigenvalue weighted by molar-refractivity contribution is 5.66. The minimum Gasteiger partial charge on any atom is -0.411 e. The molecule has 3 nitrogen and oxygen atoms in total. The highest BCUT2D eigenvalue weighted by Gasteiger charge is 2.07. The van der Waals surface area contributed by atoms with E-state index in [0.717, 1.165) is 12.1 Å². The van der Waals surface area contributed by atoms with E-state index in [1.54, 1.807) is 6.21 Å². The Morgan fingerprint density at radius 2 is 1.62 bits per heavy atom. The van der Waals surface area contributed by atoms with Gasteiger partial charge in [0.2, 0.25) is 0 Å². The van der Waals surface area contributed by atoms with Crippen LogP contribution in [-0.2, 0) is 0 Å². The molecule has 0 aliphatic rings. The van der Waals surface area contributed by atoms with E-state index >= 15 is 0 Å². The molecule has 0 spiro atoms. The molecule has 0 bridgehead atoms. The van der Waals surface area contributed by atoms with Crippen molar-refractivity contribution in [2.24, 2.45) is 5.16 Å². The summed E-state index contributed by atoms with van der Waals surface area (Å²) >= 11 is 0. The molecule has 0 aliphatic heterocycles. The Kier molecular flexibility index (Phi) is 10.4. The van der Waals surface area contributed by atoms with E-state index in [9.17, 15) is 0 Å². The average Bonchev–Trinajstić information content (AvgIpc) is 2.53. The van der Waals surface area contributed by atoms with Crippen molar-refractivity contribution in [3.05, 3.63) is 35.9 Å². The smallest absolute Gasteiger partial charge is 0.0714 e. The van der Waals surface area contributed by atoms with Crippen molar-refractivity contribution >= 4 is 6.21 Å². The van der Waals surface area contributed by atoms with E-state index in [4.69, 9.17) is 5.21 Å². The molecule has 1 rings (SSSR count). The van der Waals surface area contributed by atoms with Crippen molar-refractivity contribution in [2.75, 3.05) is 6.54 Å². The maximum absolute atomic E-state index is 8.77. The van der Waals surface area contributed by atoms with Gasteiger partial charge in [0.25, 0.3) is 0 Å². The lowest BCUT2D eigenvalue weighted by Crippen LogP contribution is -2.23. The second kappa shape index (κ2) is 12.4. The Balaban J connectivity index is 2.12. The topological polar surface area (TPSA) is 44.6 Å². The number of hydrogen-bond acceptors (Lipinski definition) is 3. The maximum Gasteiger partial charge on any atom is 0.0714 e. The van der Waals surface area contributed by atoms with E-state index in [1.807, 2.05) is 30.3 Å². The summed E-state index contributed by atoms with van der Waals surface area (Å²) in [6.45, 7) is 3.21. The summed E-state index contributed by atoms with van der Waals surface area (Å²) < 4.78 is 0. The molecule has 0 heterocycles. The summed E-state index contributed by atoms with van der Waals surface area (Å²) in [6.07, 6.45) is 12.2. The number of oxime groups is 1. The second-order valence-corrected chi connectivity index (χ2v) is 5.58. The second-order valence-electron chi connectivity index (χ2n) is 5.58. The number of nitrogens with one attached hydrogen (secondary N) is 1. The van der Waals surface area contributed by atoms with E-state index in [1.165, 1.54) is 51.4 Å². The molecule has 3 heteroatoms. The van der Waals surface area contributed by atoms with Crippen LogP contribution in [0.1, 0.15) is 69.9 Å². The molecule has 118 valence electrons. The first-order valence-electron chi connectivity index (χ1n) is 8.34. The lowest BCUT2D eigenvalue weighted by molar-refractivity contribution is 0.318. The number of benzene rings is 1. The van der Waals surface area contributed by atoms with Gasteiger partial charge in [0.15, 0.2) is 0 Å². The fourth-order valence-corrected chi connectivity index (χ4v) is 2.50. The first-order valence-corrected chi connectivity index (χ1v) is 8.34. The van der Waals surface area contributed by atoms with Crippen LogP contribution in [0.4, 0.5) is 0 Å². The van der Waals surface area contributed by atoms with Crippen molar-refractivity contribution in [1.29, 1.82) is 0 Å². The van der Waals surface area contributed by atoms with Crippen molar-refractivity contribution in [3.8, 4) is 0 Å². The molecule has 0 saturated heterocycles. The minimum absolute atomic E-state index is 0.000698. The minimum atomic E-state index is 0.000698. The lowest BCUT2D eigenvalue weighted by Gasteiger charge is -2.14. The SMILES string of the molecule is CCCCCCCCCCNC(C=NO)c1ccccc1. The van der Waals surface area contributed by atoms with Gasteiger partial charge in [-0.15, -0.1) is 5.16 Å². The molecule has 0 amide bonds. The highest BCUT2D eigenvalue weighted by Crippen LogP contribution is 2.11. The van der Waals surface area contributed by atoms with Gasteiger partial charge < -0.3 is 10.5 Å². The van der Waals surface area contributed by atoms with Crippen LogP contribution < -0.4 is 5.32 Å². The number of hydrogen-bond donors (Lipinski definition) is 2. The molecular weight excluding hydrogens is 260 g/mol. The van der Waals surface area contributed by atoms with Gasteiger partial charge in [0.05, 0.1) is 12.3 Å². The molecular formula is C18H30N2O. The van der Waals surface area contributed by atoms with E-state index in [0.29, 0.717) is 0 Å². The van der Waals surface area contributed by atoms with Crippen LogP contribution in [0.15, 0.2) is 35.5 Å². The zero-order valence-electron chi connectivity index (χ0n) is 13.3. The molecule has 0 aliphatic carbocycles. The quantitative estimate of drug-likeness (QED) is 0.248. The Morgan fingerprint density at radius 1 is 1.00 bits per heavy atom. The number of nitrogens with zero attached hydrogens (tertiary/aromatic N) is 1. The van der Waals surface area contributed by atoms with Crippen LogP contribution >= 0.6 is 0 Å². The summed E-state index contributed by atoms with van der Waals surface area (Å²) in [5.74, 6) is 0. The third-order valence-electron chi connectivity index (χ3n) is 3.77. The number of unbranched alkanes of at least 4 members (excludes halogenated alkanes) is 7. The van der Waals surface area contributed by atoms with Gasteiger partial charge in [-0.3, -0.25) is 0 Å². The molecule has 1 atom stereocenters. The largest absolute Gasteiger partial charge is 0.411 e. The first kappa shape index (κ1) is 17.7. The van der Waals surface area contributed by atoms with Crippen LogP contribution in [0, 0.1) is 0 Å². The Labute approximate surface area is 129 Å². The first-order chi connectivity index (χ1) is 10.4. The summed E-state index contributed by atoms with van der Waals surface area (Å²) in [7, 11) is 0. The molecule has 2 N–H and O–H groups in total. The zero-order valence-corrected chi connectivity index (χ0v) is 13.3. The summed E-state index contributed by atoms with van der Waals surface area (Å²) in [5, 5.41) is 15.4. The van der Waals surface area contributed by atoms with Gasteiger partial charge >= 0.3 is 0 Å². The molecule has 0 saturated carbocycles. The summed E-state index contributed by atoms with van der Waals surface area (Å²) in [6, 6.07) is 10.1. The van der Waals surface area contributed by atoms with Crippen molar-refractivity contribution < 1.29 is 5.21 Å². The van der Waals surface area contributed by atoms with Gasteiger partial charge in [-0.25, -0.2) is 0 Å². The van der Waals surface area contributed by atoms with Crippen molar-refractivity contribution in [1.82, 2.24) is 5.32 Å². The molecule has 0 radical (unpaired) electrons. The molecule has 21 heavy (non-hydrogen) atoms. The van der Waals surface area contributed by atoms with Crippen LogP contribution in [0.25, 0.3) is 0 Å². The molecule has 0 aromatic heterocycles.